The Balaban J connectivity index is 1.65. The number of hydrogen-bond acceptors (Lipinski definition) is 3. The van der Waals surface area contributed by atoms with Crippen LogP contribution in [-0.4, -0.2) is 24.7 Å². The van der Waals surface area contributed by atoms with Gasteiger partial charge in [0.25, 0.3) is 0 Å². The molecular formula is C17H26N2OS. The van der Waals surface area contributed by atoms with E-state index in [9.17, 15) is 4.79 Å². The first kappa shape index (κ1) is 16.4. The van der Waals surface area contributed by atoms with Crippen LogP contribution in [0.2, 0.25) is 0 Å². The molecule has 0 saturated heterocycles. The van der Waals surface area contributed by atoms with Crippen molar-refractivity contribution in [2.45, 2.75) is 38.1 Å². The maximum absolute atomic E-state index is 11.7. The Labute approximate surface area is 132 Å². The second-order valence-electron chi connectivity index (χ2n) is 6.20. The average Bonchev–Trinajstić information content (AvgIpc) is 3.28. The fraction of sp³-hybridized carbons (Fsp3) is 0.588. The van der Waals surface area contributed by atoms with Crippen LogP contribution in [0.15, 0.2) is 29.2 Å². The average molecular weight is 306 g/mol. The van der Waals surface area contributed by atoms with Crippen molar-refractivity contribution in [1.82, 2.24) is 10.6 Å². The highest BCUT2D eigenvalue weighted by atomic mass is 32.2. The lowest BCUT2D eigenvalue weighted by Gasteiger charge is -2.08. The van der Waals surface area contributed by atoms with E-state index in [-0.39, 0.29) is 5.91 Å². The molecule has 1 amide bonds. The highest BCUT2D eigenvalue weighted by Gasteiger charge is 2.21. The molecule has 0 aromatic heterocycles. The molecule has 1 aromatic rings. The van der Waals surface area contributed by atoms with Gasteiger partial charge in [-0.2, -0.15) is 0 Å². The van der Waals surface area contributed by atoms with Crippen LogP contribution >= 0.6 is 11.8 Å². The molecule has 0 bridgehead atoms. The highest BCUT2D eigenvalue weighted by molar-refractivity contribution is 8.00. The van der Waals surface area contributed by atoms with Crippen molar-refractivity contribution in [1.29, 1.82) is 0 Å². The van der Waals surface area contributed by atoms with E-state index < -0.39 is 0 Å². The summed E-state index contributed by atoms with van der Waals surface area (Å²) in [6.45, 7) is 7.23. The maximum Gasteiger partial charge on any atom is 0.230 e. The molecule has 0 radical (unpaired) electrons. The van der Waals surface area contributed by atoms with Crippen molar-refractivity contribution >= 4 is 17.7 Å². The first-order chi connectivity index (χ1) is 10.1. The van der Waals surface area contributed by atoms with E-state index in [1.54, 1.807) is 11.8 Å². The van der Waals surface area contributed by atoms with Gasteiger partial charge >= 0.3 is 0 Å². The first-order valence-corrected chi connectivity index (χ1v) is 8.81. The minimum Gasteiger partial charge on any atom is -0.355 e. The van der Waals surface area contributed by atoms with E-state index in [0.29, 0.717) is 11.7 Å². The van der Waals surface area contributed by atoms with Gasteiger partial charge in [-0.05, 0) is 48.9 Å². The monoisotopic (exact) mass is 306 g/mol. The molecule has 3 nitrogen and oxygen atoms in total. The number of carbonyl (C=O) groups excluding carboxylic acids is 1. The van der Waals surface area contributed by atoms with Gasteiger partial charge < -0.3 is 10.6 Å². The molecule has 0 unspecified atom stereocenters. The summed E-state index contributed by atoms with van der Waals surface area (Å²) in [5.41, 5.74) is 1.29. The van der Waals surface area contributed by atoms with Gasteiger partial charge in [0.1, 0.15) is 0 Å². The lowest BCUT2D eigenvalue weighted by Crippen LogP contribution is -2.27. The molecule has 0 aliphatic heterocycles. The fourth-order valence-corrected chi connectivity index (χ4v) is 2.72. The molecule has 1 aromatic carbocycles. The molecule has 2 rings (SSSR count). The Morgan fingerprint density at radius 2 is 2.00 bits per heavy atom. The van der Waals surface area contributed by atoms with Crippen LogP contribution in [0, 0.1) is 11.8 Å². The van der Waals surface area contributed by atoms with Crippen LogP contribution in [0.3, 0.4) is 0 Å². The normalized spacial score (nSPS) is 14.4. The van der Waals surface area contributed by atoms with Crippen LogP contribution in [0.1, 0.15) is 32.3 Å². The largest absolute Gasteiger partial charge is 0.355 e. The molecule has 0 spiro atoms. The van der Waals surface area contributed by atoms with Gasteiger partial charge in [0, 0.05) is 18.0 Å². The molecule has 4 heteroatoms. The van der Waals surface area contributed by atoms with Crippen LogP contribution in [0.4, 0.5) is 0 Å². The van der Waals surface area contributed by atoms with E-state index in [1.165, 1.54) is 18.4 Å². The lowest BCUT2D eigenvalue weighted by atomic mass is 10.2. The Morgan fingerprint density at radius 1 is 1.29 bits per heavy atom. The number of nitrogens with one attached hydrogen (secondary N) is 2. The standard InChI is InChI=1S/C17H26N2OS/c1-13(2)9-18-10-14-5-7-16(8-6-14)21-12-17(20)19-11-15-3-4-15/h5-8,13,15,18H,3-4,9-12H2,1-2H3,(H,19,20). The summed E-state index contributed by atoms with van der Waals surface area (Å²) in [5.74, 6) is 2.08. The molecule has 0 heterocycles. The Hall–Kier alpha value is -1.00. The first-order valence-electron chi connectivity index (χ1n) is 7.82. The minimum absolute atomic E-state index is 0.148. The molecule has 2 N–H and O–H groups in total. The third-order valence-electron chi connectivity index (χ3n) is 3.46. The van der Waals surface area contributed by atoms with Gasteiger partial charge in [-0.15, -0.1) is 11.8 Å². The SMILES string of the molecule is CC(C)CNCc1ccc(SCC(=O)NCC2CC2)cc1. The van der Waals surface area contributed by atoms with Crippen LogP contribution in [0.25, 0.3) is 0 Å². The van der Waals surface area contributed by atoms with Crippen molar-refractivity contribution in [3.05, 3.63) is 29.8 Å². The molecule has 0 atom stereocenters. The van der Waals surface area contributed by atoms with E-state index in [4.69, 9.17) is 0 Å². The second kappa shape index (κ2) is 8.44. The van der Waals surface area contributed by atoms with Crippen molar-refractivity contribution in [3.8, 4) is 0 Å². The summed E-state index contributed by atoms with van der Waals surface area (Å²) in [7, 11) is 0. The van der Waals surface area contributed by atoms with Crippen molar-refractivity contribution in [3.63, 3.8) is 0 Å². The summed E-state index contributed by atoms with van der Waals surface area (Å²) in [6.07, 6.45) is 2.56. The molecule has 1 saturated carbocycles. The number of carbonyl (C=O) groups is 1. The number of thioether (sulfide) groups is 1. The topological polar surface area (TPSA) is 41.1 Å². The zero-order chi connectivity index (χ0) is 15.1. The third-order valence-corrected chi connectivity index (χ3v) is 4.47. The molecule has 1 aliphatic rings. The zero-order valence-electron chi connectivity index (χ0n) is 13.0. The van der Waals surface area contributed by atoms with Crippen LogP contribution in [0.5, 0.6) is 0 Å². The van der Waals surface area contributed by atoms with Gasteiger partial charge in [0.2, 0.25) is 5.91 Å². The summed E-state index contributed by atoms with van der Waals surface area (Å²) < 4.78 is 0. The Bertz CT molecular complexity index is 441. The molecule has 1 aliphatic carbocycles. The van der Waals surface area contributed by atoms with Crippen molar-refractivity contribution < 1.29 is 4.79 Å². The smallest absolute Gasteiger partial charge is 0.230 e. The van der Waals surface area contributed by atoms with Gasteiger partial charge in [-0.3, -0.25) is 4.79 Å². The Morgan fingerprint density at radius 3 is 2.62 bits per heavy atom. The number of benzene rings is 1. The van der Waals surface area contributed by atoms with E-state index >= 15 is 0 Å². The van der Waals surface area contributed by atoms with Crippen LogP contribution in [-0.2, 0) is 11.3 Å². The number of amides is 1. The number of rotatable bonds is 9. The number of hydrogen-bond donors (Lipinski definition) is 2. The van der Waals surface area contributed by atoms with Gasteiger partial charge in [-0.1, -0.05) is 26.0 Å². The third kappa shape index (κ3) is 7.00. The quantitative estimate of drug-likeness (QED) is 0.689. The summed E-state index contributed by atoms with van der Waals surface area (Å²) in [6, 6.07) is 8.48. The minimum atomic E-state index is 0.148. The van der Waals surface area contributed by atoms with Gasteiger partial charge in [-0.25, -0.2) is 0 Å². The summed E-state index contributed by atoms with van der Waals surface area (Å²) in [5, 5.41) is 6.43. The maximum atomic E-state index is 11.7. The van der Waals surface area contributed by atoms with Gasteiger partial charge in [0.15, 0.2) is 0 Å². The zero-order valence-corrected chi connectivity index (χ0v) is 13.8. The molecule has 1 fully saturated rings. The van der Waals surface area contributed by atoms with E-state index in [1.807, 2.05) is 0 Å². The predicted molar refractivity (Wildman–Crippen MR) is 89.4 cm³/mol. The van der Waals surface area contributed by atoms with Crippen LogP contribution < -0.4 is 10.6 Å². The molecular weight excluding hydrogens is 280 g/mol. The molecule has 116 valence electrons. The van der Waals surface area contributed by atoms with Crippen molar-refractivity contribution in [2.75, 3.05) is 18.8 Å². The fourth-order valence-electron chi connectivity index (χ4n) is 1.99. The predicted octanol–water partition coefficient (Wildman–Crippen LogP) is 3.05. The second-order valence-corrected chi connectivity index (χ2v) is 7.25. The summed E-state index contributed by atoms with van der Waals surface area (Å²) >= 11 is 1.61. The van der Waals surface area contributed by atoms with Gasteiger partial charge in [0.05, 0.1) is 5.75 Å². The van der Waals surface area contributed by atoms with E-state index in [0.717, 1.165) is 30.4 Å². The molecule has 21 heavy (non-hydrogen) atoms. The van der Waals surface area contributed by atoms with E-state index in [2.05, 4.69) is 48.7 Å². The van der Waals surface area contributed by atoms with Crippen molar-refractivity contribution in [2.24, 2.45) is 11.8 Å². The highest BCUT2D eigenvalue weighted by Crippen LogP contribution is 2.27. The lowest BCUT2D eigenvalue weighted by molar-refractivity contribution is -0.118. The Kier molecular flexibility index (Phi) is 6.58. The summed E-state index contributed by atoms with van der Waals surface area (Å²) in [4.78, 5) is 12.8.